The van der Waals surface area contributed by atoms with Crippen molar-refractivity contribution in [3.63, 3.8) is 0 Å². The third kappa shape index (κ3) is 3.72. The maximum absolute atomic E-state index is 5.73. The Morgan fingerprint density at radius 3 is 3.00 bits per heavy atom. The van der Waals surface area contributed by atoms with E-state index in [1.54, 1.807) is 0 Å². The topological polar surface area (TPSA) is 24.5 Å². The molecule has 2 rings (SSSR count). The molecule has 2 aliphatic rings. The molecule has 16 heavy (non-hydrogen) atoms. The van der Waals surface area contributed by atoms with Gasteiger partial charge in [0.05, 0.1) is 12.7 Å². The van der Waals surface area contributed by atoms with E-state index in [1.165, 1.54) is 38.9 Å². The van der Waals surface area contributed by atoms with Crippen LogP contribution in [0.15, 0.2) is 0 Å². The highest BCUT2D eigenvalue weighted by molar-refractivity contribution is 4.80. The number of hydrogen-bond donors (Lipinski definition) is 1. The summed E-state index contributed by atoms with van der Waals surface area (Å²) >= 11 is 0. The molecule has 0 radical (unpaired) electrons. The van der Waals surface area contributed by atoms with E-state index in [9.17, 15) is 0 Å². The molecule has 2 fully saturated rings. The van der Waals surface area contributed by atoms with Crippen molar-refractivity contribution in [1.29, 1.82) is 0 Å². The Morgan fingerprint density at radius 1 is 1.44 bits per heavy atom. The van der Waals surface area contributed by atoms with Crippen LogP contribution < -0.4 is 5.32 Å². The number of nitrogens with zero attached hydrogens (tertiary/aromatic N) is 1. The Balaban J connectivity index is 1.68. The molecule has 0 aliphatic carbocycles. The summed E-state index contributed by atoms with van der Waals surface area (Å²) in [5.41, 5.74) is 0.518. The van der Waals surface area contributed by atoms with Gasteiger partial charge >= 0.3 is 0 Å². The highest BCUT2D eigenvalue weighted by atomic mass is 16.5. The minimum Gasteiger partial charge on any atom is -0.376 e. The largest absolute Gasteiger partial charge is 0.376 e. The fourth-order valence-electron chi connectivity index (χ4n) is 2.87. The van der Waals surface area contributed by atoms with Gasteiger partial charge in [0.1, 0.15) is 0 Å². The first-order chi connectivity index (χ1) is 7.66. The summed E-state index contributed by atoms with van der Waals surface area (Å²) in [5.74, 6) is 0. The highest BCUT2D eigenvalue weighted by Gasteiger charge is 2.26. The van der Waals surface area contributed by atoms with Gasteiger partial charge in [-0.25, -0.2) is 0 Å². The van der Waals surface area contributed by atoms with Crippen LogP contribution in [-0.2, 0) is 4.74 Å². The highest BCUT2D eigenvalue weighted by Crippen LogP contribution is 2.28. The summed E-state index contributed by atoms with van der Waals surface area (Å²) in [6, 6.07) is 0. The summed E-state index contributed by atoms with van der Waals surface area (Å²) in [6.45, 7) is 11.5. The van der Waals surface area contributed by atoms with E-state index in [-0.39, 0.29) is 0 Å². The lowest BCUT2D eigenvalue weighted by atomic mass is 9.84. The predicted octanol–water partition coefficient (Wildman–Crippen LogP) is 1.49. The fourth-order valence-corrected chi connectivity index (χ4v) is 2.87. The number of piperidine rings is 1. The molecule has 0 saturated carbocycles. The van der Waals surface area contributed by atoms with Gasteiger partial charge in [-0.05, 0) is 31.2 Å². The van der Waals surface area contributed by atoms with Crippen molar-refractivity contribution >= 4 is 0 Å². The first-order valence-corrected chi connectivity index (χ1v) is 6.70. The van der Waals surface area contributed by atoms with E-state index in [2.05, 4.69) is 24.1 Å². The minimum atomic E-state index is 0.443. The molecule has 0 aromatic carbocycles. The average Bonchev–Trinajstić information content (AvgIpc) is 2.27. The second kappa shape index (κ2) is 5.48. The van der Waals surface area contributed by atoms with Gasteiger partial charge in [0.15, 0.2) is 0 Å². The zero-order valence-electron chi connectivity index (χ0n) is 10.8. The van der Waals surface area contributed by atoms with Crippen molar-refractivity contribution in [3.8, 4) is 0 Å². The van der Waals surface area contributed by atoms with Crippen LogP contribution in [0.1, 0.15) is 33.1 Å². The van der Waals surface area contributed by atoms with Gasteiger partial charge in [0.2, 0.25) is 0 Å². The monoisotopic (exact) mass is 226 g/mol. The molecule has 0 aromatic rings. The molecule has 1 atom stereocenters. The molecule has 2 saturated heterocycles. The second-order valence-corrected chi connectivity index (χ2v) is 6.03. The third-order valence-electron chi connectivity index (χ3n) is 3.75. The summed E-state index contributed by atoms with van der Waals surface area (Å²) < 4.78 is 5.73. The zero-order valence-corrected chi connectivity index (χ0v) is 10.8. The fraction of sp³-hybridized carbons (Fsp3) is 1.00. The van der Waals surface area contributed by atoms with Crippen LogP contribution in [0, 0.1) is 5.41 Å². The molecule has 1 unspecified atom stereocenters. The minimum absolute atomic E-state index is 0.443. The Morgan fingerprint density at radius 2 is 2.31 bits per heavy atom. The summed E-state index contributed by atoms with van der Waals surface area (Å²) in [5, 5.41) is 3.40. The number of hydrogen-bond acceptors (Lipinski definition) is 3. The van der Waals surface area contributed by atoms with Crippen LogP contribution in [0.3, 0.4) is 0 Å². The van der Waals surface area contributed by atoms with E-state index in [1.807, 2.05) is 0 Å². The lowest BCUT2D eigenvalue weighted by molar-refractivity contribution is 0.0115. The maximum atomic E-state index is 5.73. The summed E-state index contributed by atoms with van der Waals surface area (Å²) in [6.07, 6.45) is 4.36. The average molecular weight is 226 g/mol. The molecule has 3 nitrogen and oxygen atoms in total. The number of morpholine rings is 1. The van der Waals surface area contributed by atoms with Crippen LogP contribution >= 0.6 is 0 Å². The molecule has 94 valence electrons. The molecule has 1 N–H and O–H groups in total. The standard InChI is InChI=1S/C13H26N2O/c1-13(2)5-3-7-15(11-13)8-4-12-10-14-6-9-16-12/h12,14H,3-11H2,1-2H3. The maximum Gasteiger partial charge on any atom is 0.0712 e. The lowest BCUT2D eigenvalue weighted by Crippen LogP contribution is -2.44. The number of ether oxygens (including phenoxy) is 1. The Kier molecular flexibility index (Phi) is 4.22. The first kappa shape index (κ1) is 12.3. The van der Waals surface area contributed by atoms with Crippen molar-refractivity contribution in [2.75, 3.05) is 39.3 Å². The van der Waals surface area contributed by atoms with Crippen LogP contribution in [-0.4, -0.2) is 50.3 Å². The van der Waals surface area contributed by atoms with Gasteiger partial charge in [-0.2, -0.15) is 0 Å². The smallest absolute Gasteiger partial charge is 0.0712 e. The first-order valence-electron chi connectivity index (χ1n) is 6.70. The Hall–Kier alpha value is -0.120. The lowest BCUT2D eigenvalue weighted by Gasteiger charge is -2.38. The molecule has 2 heterocycles. The van der Waals surface area contributed by atoms with Gasteiger partial charge in [-0.15, -0.1) is 0 Å². The van der Waals surface area contributed by atoms with E-state index < -0.39 is 0 Å². The third-order valence-corrected chi connectivity index (χ3v) is 3.75. The second-order valence-electron chi connectivity index (χ2n) is 6.03. The zero-order chi connectivity index (χ0) is 11.4. The summed E-state index contributed by atoms with van der Waals surface area (Å²) in [7, 11) is 0. The molecule has 3 heteroatoms. The summed E-state index contributed by atoms with van der Waals surface area (Å²) in [4.78, 5) is 2.61. The molecular formula is C13H26N2O. The van der Waals surface area contributed by atoms with Gasteiger partial charge in [0.25, 0.3) is 0 Å². The van der Waals surface area contributed by atoms with Crippen molar-refractivity contribution in [2.45, 2.75) is 39.2 Å². The van der Waals surface area contributed by atoms with E-state index in [0.717, 1.165) is 19.7 Å². The van der Waals surface area contributed by atoms with E-state index in [0.29, 0.717) is 11.5 Å². The Bertz CT molecular complexity index is 212. The number of rotatable bonds is 3. The van der Waals surface area contributed by atoms with Crippen molar-refractivity contribution < 1.29 is 4.74 Å². The van der Waals surface area contributed by atoms with Gasteiger partial charge < -0.3 is 15.0 Å². The number of likely N-dealkylation sites (tertiary alicyclic amines) is 1. The van der Waals surface area contributed by atoms with Crippen molar-refractivity contribution in [1.82, 2.24) is 10.2 Å². The normalized spacial score (nSPS) is 31.5. The SMILES string of the molecule is CC1(C)CCCN(CCC2CNCCO2)C1. The van der Waals surface area contributed by atoms with Gasteiger partial charge in [-0.1, -0.05) is 13.8 Å². The predicted molar refractivity (Wildman–Crippen MR) is 66.7 cm³/mol. The van der Waals surface area contributed by atoms with Crippen LogP contribution in [0.2, 0.25) is 0 Å². The molecule has 0 bridgehead atoms. The molecular weight excluding hydrogens is 200 g/mol. The molecule has 2 aliphatic heterocycles. The van der Waals surface area contributed by atoms with Gasteiger partial charge in [-0.3, -0.25) is 0 Å². The van der Waals surface area contributed by atoms with Crippen molar-refractivity contribution in [2.24, 2.45) is 5.41 Å². The molecule has 0 spiro atoms. The van der Waals surface area contributed by atoms with Crippen molar-refractivity contribution in [3.05, 3.63) is 0 Å². The van der Waals surface area contributed by atoms with Gasteiger partial charge in [0, 0.05) is 26.2 Å². The molecule has 0 aromatic heterocycles. The van der Waals surface area contributed by atoms with Crippen LogP contribution in [0.25, 0.3) is 0 Å². The molecule has 0 amide bonds. The van der Waals surface area contributed by atoms with E-state index in [4.69, 9.17) is 4.74 Å². The van der Waals surface area contributed by atoms with Crippen LogP contribution in [0.5, 0.6) is 0 Å². The van der Waals surface area contributed by atoms with Crippen LogP contribution in [0.4, 0.5) is 0 Å². The quantitative estimate of drug-likeness (QED) is 0.789. The van der Waals surface area contributed by atoms with E-state index >= 15 is 0 Å². The Labute approximate surface area is 99.5 Å². The number of nitrogens with one attached hydrogen (secondary N) is 1.